The third-order valence-corrected chi connectivity index (χ3v) is 5.95. The van der Waals surface area contributed by atoms with Crippen LogP contribution in [-0.2, 0) is 0 Å². The van der Waals surface area contributed by atoms with E-state index in [1.54, 1.807) is 0 Å². The van der Waals surface area contributed by atoms with Gasteiger partial charge in [0.25, 0.3) is 0 Å². The molecule has 1 aromatic heterocycles. The second kappa shape index (κ2) is 11.9. The van der Waals surface area contributed by atoms with Gasteiger partial charge in [0.05, 0.1) is 11.4 Å². The molecule has 0 aliphatic rings. The molecule has 8 nitrogen and oxygen atoms in total. The van der Waals surface area contributed by atoms with Crippen molar-refractivity contribution in [1.29, 1.82) is 0 Å². The van der Waals surface area contributed by atoms with E-state index in [0.717, 1.165) is 16.7 Å². The Morgan fingerprint density at radius 3 is 2.21 bits per heavy atom. The lowest BCUT2D eigenvalue weighted by atomic mass is 9.97. The van der Waals surface area contributed by atoms with Gasteiger partial charge in [-0.1, -0.05) is 69.7 Å². The summed E-state index contributed by atoms with van der Waals surface area (Å²) in [4.78, 5) is 15.1. The molecule has 4 aromatic rings. The van der Waals surface area contributed by atoms with Crippen molar-refractivity contribution in [2.24, 2.45) is 11.8 Å². The van der Waals surface area contributed by atoms with E-state index < -0.39 is 11.8 Å². The molecular formula is C29H34FN7O. The minimum atomic E-state index is -0.451. The van der Waals surface area contributed by atoms with Crippen molar-refractivity contribution in [3.63, 3.8) is 0 Å². The Balaban J connectivity index is 1.79. The number of nitrogens with one attached hydrogen (secondary N) is 3. The van der Waals surface area contributed by atoms with Crippen molar-refractivity contribution < 1.29 is 9.18 Å². The third kappa shape index (κ3) is 6.53. The maximum absolute atomic E-state index is 16.1. The highest BCUT2D eigenvalue weighted by Crippen LogP contribution is 2.38. The van der Waals surface area contributed by atoms with Gasteiger partial charge in [-0.2, -0.15) is 0 Å². The molecule has 3 aromatic carbocycles. The number of anilines is 3. The van der Waals surface area contributed by atoms with Crippen LogP contribution < -0.4 is 15.5 Å². The zero-order valence-corrected chi connectivity index (χ0v) is 22.4. The number of nitrogens with zero attached hydrogens (tertiary/aromatic N) is 4. The number of aromatic nitrogens is 4. The molecule has 198 valence electrons. The van der Waals surface area contributed by atoms with Crippen molar-refractivity contribution in [3.05, 3.63) is 72.0 Å². The highest BCUT2D eigenvalue weighted by atomic mass is 19.1. The number of hydrogen-bond acceptors (Lipinski definition) is 5. The summed E-state index contributed by atoms with van der Waals surface area (Å²) >= 11 is 0. The van der Waals surface area contributed by atoms with Gasteiger partial charge in [0, 0.05) is 24.3 Å². The van der Waals surface area contributed by atoms with Gasteiger partial charge in [-0.3, -0.25) is 0 Å². The number of tetrazole rings is 1. The Hall–Kier alpha value is -4.27. The minimum absolute atomic E-state index is 0.293. The fourth-order valence-corrected chi connectivity index (χ4v) is 4.45. The number of benzene rings is 3. The van der Waals surface area contributed by atoms with E-state index in [1.807, 2.05) is 66.4 Å². The largest absolute Gasteiger partial charge is 0.367 e. The quantitative estimate of drug-likeness (QED) is 0.229. The van der Waals surface area contributed by atoms with Crippen molar-refractivity contribution >= 4 is 23.1 Å². The van der Waals surface area contributed by atoms with Gasteiger partial charge in [0.15, 0.2) is 5.82 Å². The normalized spacial score (nSPS) is 11.2. The first kappa shape index (κ1) is 26.8. The number of carbonyl (C=O) groups is 1. The van der Waals surface area contributed by atoms with E-state index in [1.165, 1.54) is 6.07 Å². The number of aromatic amines is 1. The lowest BCUT2D eigenvalue weighted by molar-refractivity contribution is 0.262. The Morgan fingerprint density at radius 2 is 1.61 bits per heavy atom. The van der Waals surface area contributed by atoms with Crippen LogP contribution in [0.4, 0.5) is 26.2 Å². The summed E-state index contributed by atoms with van der Waals surface area (Å²) in [6, 6.07) is 17.9. The van der Waals surface area contributed by atoms with Crippen molar-refractivity contribution in [1.82, 2.24) is 20.6 Å². The number of hydrogen-bond donors (Lipinski definition) is 3. The highest BCUT2D eigenvalue weighted by Gasteiger charge is 2.23. The number of rotatable bonds is 9. The second-order valence-corrected chi connectivity index (χ2v) is 10.3. The molecule has 0 bridgehead atoms. The maximum atomic E-state index is 16.1. The van der Waals surface area contributed by atoms with Crippen LogP contribution in [0.1, 0.15) is 33.3 Å². The molecule has 38 heavy (non-hydrogen) atoms. The number of amides is 2. The van der Waals surface area contributed by atoms with Crippen molar-refractivity contribution in [2.75, 3.05) is 28.6 Å². The molecular weight excluding hydrogens is 481 g/mol. The number of aryl methyl sites for hydroxylation is 1. The van der Waals surface area contributed by atoms with E-state index in [0.29, 0.717) is 53.4 Å². The maximum Gasteiger partial charge on any atom is 0.323 e. The molecule has 0 atom stereocenters. The number of urea groups is 1. The molecule has 0 saturated heterocycles. The predicted molar refractivity (Wildman–Crippen MR) is 151 cm³/mol. The zero-order chi connectivity index (χ0) is 27.2. The summed E-state index contributed by atoms with van der Waals surface area (Å²) in [5, 5.41) is 19.9. The van der Waals surface area contributed by atoms with Gasteiger partial charge in [-0.05, 0) is 64.6 Å². The lowest BCUT2D eigenvalue weighted by Gasteiger charge is -2.31. The van der Waals surface area contributed by atoms with E-state index in [2.05, 4.69) is 59.0 Å². The van der Waals surface area contributed by atoms with Crippen molar-refractivity contribution in [2.45, 2.75) is 34.6 Å². The molecule has 0 spiro atoms. The van der Waals surface area contributed by atoms with Crippen molar-refractivity contribution in [3.8, 4) is 22.5 Å². The van der Waals surface area contributed by atoms with Crippen LogP contribution in [0.15, 0.2) is 60.7 Å². The standard InChI is InChI=1S/C29H34FN7O/c1-18(2)16-37(17-19(3)4)27-25(30)14-21(23-8-6-7-9-24(23)28-33-35-36-34-28)15-26(27)32-29(38)31-22-12-10-20(5)11-13-22/h6-15,18-19H,16-17H2,1-5H3,(H2,31,32,38)(H,33,34,35,36). The van der Waals surface area contributed by atoms with Crippen LogP contribution in [0, 0.1) is 24.6 Å². The fourth-order valence-electron chi connectivity index (χ4n) is 4.45. The molecule has 0 unspecified atom stereocenters. The fraction of sp³-hybridized carbons (Fsp3) is 0.310. The second-order valence-electron chi connectivity index (χ2n) is 10.3. The van der Waals surface area contributed by atoms with Crippen LogP contribution in [0.3, 0.4) is 0 Å². The number of halogens is 1. The molecule has 0 aliphatic heterocycles. The summed E-state index contributed by atoms with van der Waals surface area (Å²) < 4.78 is 16.1. The average molecular weight is 516 g/mol. The van der Waals surface area contributed by atoms with Crippen LogP contribution in [0.5, 0.6) is 0 Å². The van der Waals surface area contributed by atoms with Crippen LogP contribution in [-0.4, -0.2) is 39.7 Å². The molecule has 0 saturated carbocycles. The van der Waals surface area contributed by atoms with Gasteiger partial charge in [-0.25, -0.2) is 14.3 Å². The average Bonchev–Trinajstić information content (AvgIpc) is 3.39. The molecule has 0 fully saturated rings. The summed E-state index contributed by atoms with van der Waals surface area (Å²) in [5.41, 5.74) is 4.55. The lowest BCUT2D eigenvalue weighted by Crippen LogP contribution is -2.33. The molecule has 4 rings (SSSR count). The number of carbonyl (C=O) groups excluding carboxylic acids is 1. The summed E-state index contributed by atoms with van der Waals surface area (Å²) in [6.07, 6.45) is 0. The monoisotopic (exact) mass is 515 g/mol. The zero-order valence-electron chi connectivity index (χ0n) is 22.4. The molecule has 2 amide bonds. The topological polar surface area (TPSA) is 98.8 Å². The van der Waals surface area contributed by atoms with Gasteiger partial charge < -0.3 is 15.5 Å². The first-order valence-corrected chi connectivity index (χ1v) is 12.8. The van der Waals surface area contributed by atoms with Crippen LogP contribution >= 0.6 is 0 Å². The summed E-state index contributed by atoms with van der Waals surface area (Å²) in [7, 11) is 0. The Labute approximate surface area is 222 Å². The molecule has 0 radical (unpaired) electrons. The SMILES string of the molecule is Cc1ccc(NC(=O)Nc2cc(-c3ccccc3-c3nnn[nH]3)cc(F)c2N(CC(C)C)CC(C)C)cc1. The summed E-state index contributed by atoms with van der Waals surface area (Å²) in [6.45, 7) is 11.6. The van der Waals surface area contributed by atoms with Gasteiger partial charge in [0.1, 0.15) is 5.82 Å². The summed E-state index contributed by atoms with van der Waals surface area (Å²) in [5.74, 6) is 0.640. The third-order valence-electron chi connectivity index (χ3n) is 5.95. The number of H-pyrrole nitrogens is 1. The first-order valence-electron chi connectivity index (χ1n) is 12.8. The first-order chi connectivity index (χ1) is 18.2. The molecule has 9 heteroatoms. The smallest absolute Gasteiger partial charge is 0.323 e. The Bertz CT molecular complexity index is 1360. The van der Waals surface area contributed by atoms with Gasteiger partial charge in [0.2, 0.25) is 0 Å². The van der Waals surface area contributed by atoms with E-state index in [9.17, 15) is 4.79 Å². The van der Waals surface area contributed by atoms with Crippen LogP contribution in [0.25, 0.3) is 22.5 Å². The Kier molecular flexibility index (Phi) is 8.35. The molecule has 1 heterocycles. The van der Waals surface area contributed by atoms with E-state index in [-0.39, 0.29) is 0 Å². The minimum Gasteiger partial charge on any atom is -0.367 e. The van der Waals surface area contributed by atoms with Crippen LogP contribution in [0.2, 0.25) is 0 Å². The van der Waals surface area contributed by atoms with E-state index >= 15 is 4.39 Å². The van der Waals surface area contributed by atoms with Gasteiger partial charge in [-0.15, -0.1) is 5.10 Å². The molecule has 0 aliphatic carbocycles. The predicted octanol–water partition coefficient (Wildman–Crippen LogP) is 6.74. The van der Waals surface area contributed by atoms with E-state index in [4.69, 9.17) is 0 Å². The molecule has 3 N–H and O–H groups in total. The Morgan fingerprint density at radius 1 is 0.947 bits per heavy atom. The highest BCUT2D eigenvalue weighted by molar-refractivity contribution is 6.02. The van der Waals surface area contributed by atoms with Gasteiger partial charge >= 0.3 is 6.03 Å².